The number of rotatable bonds is 3. The van der Waals surface area contributed by atoms with Crippen molar-refractivity contribution in [3.63, 3.8) is 0 Å². The summed E-state index contributed by atoms with van der Waals surface area (Å²) in [5, 5.41) is 13.0. The third-order valence-corrected chi connectivity index (χ3v) is 4.70. The molecule has 2 aliphatic heterocycles. The summed E-state index contributed by atoms with van der Waals surface area (Å²) in [6.07, 6.45) is 5.11. The maximum Gasteiger partial charge on any atom is 0.324 e. The maximum absolute atomic E-state index is 11.8. The van der Waals surface area contributed by atoms with Crippen molar-refractivity contribution in [2.24, 2.45) is 5.92 Å². The van der Waals surface area contributed by atoms with Crippen molar-refractivity contribution in [1.82, 2.24) is 10.2 Å². The van der Waals surface area contributed by atoms with E-state index in [1.807, 2.05) is 0 Å². The molecule has 2 fully saturated rings. The van der Waals surface area contributed by atoms with Crippen molar-refractivity contribution in [1.29, 1.82) is 0 Å². The van der Waals surface area contributed by atoms with Crippen LogP contribution in [-0.4, -0.2) is 47.2 Å². The molecule has 2 N–H and O–H groups in total. The summed E-state index contributed by atoms with van der Waals surface area (Å²) in [5.41, 5.74) is -0.661. The highest BCUT2D eigenvalue weighted by atomic mass is 16.4. The maximum atomic E-state index is 11.8. The van der Waals surface area contributed by atoms with E-state index in [-0.39, 0.29) is 5.92 Å². The molecule has 2 saturated heterocycles. The molecule has 0 aliphatic carbocycles. The number of nitrogens with zero attached hydrogens (tertiary/aromatic N) is 1. The fraction of sp³-hybridized carbons (Fsp3) is 0.929. The Labute approximate surface area is 110 Å². The molecule has 0 spiro atoms. The highest BCUT2D eigenvalue weighted by Crippen LogP contribution is 2.34. The Morgan fingerprint density at radius 2 is 2.17 bits per heavy atom. The number of carboxylic acid groups (broad SMARTS) is 1. The van der Waals surface area contributed by atoms with Crippen LogP contribution in [0.2, 0.25) is 0 Å². The average Bonchev–Trinajstić information content (AvgIpc) is 2.39. The van der Waals surface area contributed by atoms with Crippen molar-refractivity contribution >= 4 is 5.97 Å². The van der Waals surface area contributed by atoms with Gasteiger partial charge in [-0.15, -0.1) is 0 Å². The number of aliphatic carboxylic acids is 1. The molecule has 0 amide bonds. The lowest BCUT2D eigenvalue weighted by atomic mass is 9.73. The third-order valence-electron chi connectivity index (χ3n) is 4.70. The van der Waals surface area contributed by atoms with Crippen molar-refractivity contribution < 1.29 is 9.90 Å². The van der Waals surface area contributed by atoms with Crippen molar-refractivity contribution in [3.8, 4) is 0 Å². The normalized spacial score (nSPS) is 34.7. The van der Waals surface area contributed by atoms with Crippen LogP contribution in [0.1, 0.15) is 46.0 Å². The van der Waals surface area contributed by atoms with Crippen molar-refractivity contribution in [2.45, 2.75) is 57.5 Å². The Hall–Kier alpha value is -0.610. The van der Waals surface area contributed by atoms with Gasteiger partial charge in [-0.3, -0.25) is 4.79 Å². The topological polar surface area (TPSA) is 52.6 Å². The molecule has 2 atom stereocenters. The fourth-order valence-electron chi connectivity index (χ4n) is 3.51. The molecule has 2 rings (SSSR count). The number of carbonyl (C=O) groups is 1. The zero-order valence-electron chi connectivity index (χ0n) is 11.6. The van der Waals surface area contributed by atoms with Gasteiger partial charge < -0.3 is 15.3 Å². The van der Waals surface area contributed by atoms with Crippen LogP contribution >= 0.6 is 0 Å². The van der Waals surface area contributed by atoms with Gasteiger partial charge in [-0.2, -0.15) is 0 Å². The Balaban J connectivity index is 2.13. The minimum atomic E-state index is -0.661. The van der Waals surface area contributed by atoms with Gasteiger partial charge in [0.05, 0.1) is 0 Å². The van der Waals surface area contributed by atoms with Gasteiger partial charge in [0.1, 0.15) is 5.54 Å². The summed E-state index contributed by atoms with van der Waals surface area (Å²) < 4.78 is 0. The second-order valence-corrected chi connectivity index (χ2v) is 6.09. The summed E-state index contributed by atoms with van der Waals surface area (Å²) >= 11 is 0. The van der Waals surface area contributed by atoms with Gasteiger partial charge in [0.2, 0.25) is 0 Å². The molecule has 0 aromatic rings. The van der Waals surface area contributed by atoms with Gasteiger partial charge in [0.25, 0.3) is 0 Å². The van der Waals surface area contributed by atoms with E-state index in [2.05, 4.69) is 24.1 Å². The van der Waals surface area contributed by atoms with Crippen LogP contribution in [0, 0.1) is 5.92 Å². The smallest absolute Gasteiger partial charge is 0.324 e. The van der Waals surface area contributed by atoms with Crippen LogP contribution in [0.15, 0.2) is 0 Å². The lowest BCUT2D eigenvalue weighted by Gasteiger charge is -2.46. The van der Waals surface area contributed by atoms with Crippen molar-refractivity contribution in [3.05, 3.63) is 0 Å². The molecule has 0 saturated carbocycles. The predicted octanol–water partition coefficient (Wildman–Crippen LogP) is 1.70. The summed E-state index contributed by atoms with van der Waals surface area (Å²) in [6.45, 7) is 7.29. The zero-order chi connectivity index (χ0) is 13.2. The standard InChI is InChI=1S/C14H26N2O2/c1-11(2)16-9-5-6-12(10-16)14(13(17)18)7-3-4-8-15-14/h11-12,15H,3-10H2,1-2H3,(H,17,18). The molecular formula is C14H26N2O2. The SMILES string of the molecule is CC(C)N1CCCC(C2(C(=O)O)CCCCN2)C1. The first-order valence-corrected chi connectivity index (χ1v) is 7.29. The van der Waals surface area contributed by atoms with E-state index < -0.39 is 11.5 Å². The first kappa shape index (κ1) is 13.8. The van der Waals surface area contributed by atoms with Gasteiger partial charge in [0.15, 0.2) is 0 Å². The molecule has 2 heterocycles. The average molecular weight is 254 g/mol. The number of nitrogens with one attached hydrogen (secondary N) is 1. The van der Waals surface area contributed by atoms with E-state index in [1.165, 1.54) is 0 Å². The van der Waals surface area contributed by atoms with E-state index >= 15 is 0 Å². The van der Waals surface area contributed by atoms with Crippen molar-refractivity contribution in [2.75, 3.05) is 19.6 Å². The van der Waals surface area contributed by atoms with Gasteiger partial charge >= 0.3 is 5.97 Å². The summed E-state index contributed by atoms with van der Waals surface area (Å²) in [5.74, 6) is -0.385. The summed E-state index contributed by atoms with van der Waals surface area (Å²) in [7, 11) is 0. The molecule has 4 nitrogen and oxygen atoms in total. The molecule has 18 heavy (non-hydrogen) atoms. The third kappa shape index (κ3) is 2.54. The Morgan fingerprint density at radius 1 is 1.39 bits per heavy atom. The Morgan fingerprint density at radius 3 is 2.72 bits per heavy atom. The largest absolute Gasteiger partial charge is 0.480 e. The molecular weight excluding hydrogens is 228 g/mol. The lowest BCUT2D eigenvalue weighted by Crippen LogP contribution is -2.63. The first-order valence-electron chi connectivity index (χ1n) is 7.29. The van der Waals surface area contributed by atoms with Gasteiger partial charge in [-0.05, 0) is 59.0 Å². The van der Waals surface area contributed by atoms with E-state index in [0.717, 1.165) is 51.7 Å². The molecule has 0 aromatic carbocycles. The lowest BCUT2D eigenvalue weighted by molar-refractivity contribution is -0.150. The summed E-state index contributed by atoms with van der Waals surface area (Å²) in [6, 6.07) is 0.516. The number of likely N-dealkylation sites (tertiary alicyclic amines) is 1. The second-order valence-electron chi connectivity index (χ2n) is 6.09. The van der Waals surface area contributed by atoms with E-state index in [4.69, 9.17) is 0 Å². The van der Waals surface area contributed by atoms with E-state index in [1.54, 1.807) is 0 Å². The molecule has 4 heteroatoms. The molecule has 2 unspecified atom stereocenters. The number of hydrogen-bond acceptors (Lipinski definition) is 3. The highest BCUT2D eigenvalue weighted by Gasteiger charge is 2.47. The number of hydrogen-bond donors (Lipinski definition) is 2. The molecule has 0 aromatic heterocycles. The minimum Gasteiger partial charge on any atom is -0.480 e. The predicted molar refractivity (Wildman–Crippen MR) is 71.7 cm³/mol. The van der Waals surface area contributed by atoms with Gasteiger partial charge in [-0.1, -0.05) is 0 Å². The molecule has 0 bridgehead atoms. The fourth-order valence-corrected chi connectivity index (χ4v) is 3.51. The quantitative estimate of drug-likeness (QED) is 0.805. The van der Waals surface area contributed by atoms with Gasteiger partial charge in [0, 0.05) is 18.5 Å². The molecule has 104 valence electrons. The van der Waals surface area contributed by atoms with Crippen LogP contribution in [0.3, 0.4) is 0 Å². The minimum absolute atomic E-state index is 0.256. The van der Waals surface area contributed by atoms with Crippen LogP contribution in [-0.2, 0) is 4.79 Å². The van der Waals surface area contributed by atoms with Crippen LogP contribution in [0.4, 0.5) is 0 Å². The highest BCUT2D eigenvalue weighted by molar-refractivity contribution is 5.79. The van der Waals surface area contributed by atoms with Crippen LogP contribution < -0.4 is 5.32 Å². The Kier molecular flexibility index (Phi) is 4.28. The van der Waals surface area contributed by atoms with E-state index in [9.17, 15) is 9.90 Å². The number of piperidine rings is 2. The Bertz CT molecular complexity index is 298. The summed E-state index contributed by atoms with van der Waals surface area (Å²) in [4.78, 5) is 14.2. The molecule has 0 radical (unpaired) electrons. The molecule has 2 aliphatic rings. The van der Waals surface area contributed by atoms with E-state index in [0.29, 0.717) is 6.04 Å². The van der Waals surface area contributed by atoms with Gasteiger partial charge in [-0.25, -0.2) is 0 Å². The number of carboxylic acids is 1. The second kappa shape index (κ2) is 5.57. The van der Waals surface area contributed by atoms with Crippen LogP contribution in [0.5, 0.6) is 0 Å². The van der Waals surface area contributed by atoms with Crippen LogP contribution in [0.25, 0.3) is 0 Å². The first-order chi connectivity index (χ1) is 8.56. The zero-order valence-corrected chi connectivity index (χ0v) is 11.6. The monoisotopic (exact) mass is 254 g/mol.